The second-order valence-electron chi connectivity index (χ2n) is 4.28. The van der Waals surface area contributed by atoms with Crippen LogP contribution in [0, 0.1) is 5.92 Å². The Hall–Kier alpha value is -1.26. The summed E-state index contributed by atoms with van der Waals surface area (Å²) in [4.78, 5) is 23.7. The molecule has 1 heterocycles. The monoisotopic (exact) mass is 229 g/mol. The molecule has 1 N–H and O–H groups in total. The van der Waals surface area contributed by atoms with Gasteiger partial charge in [0.25, 0.3) is 0 Å². The summed E-state index contributed by atoms with van der Waals surface area (Å²) in [5.74, 6) is 0.0582. The average Bonchev–Trinajstić information content (AvgIpc) is 2.20. The van der Waals surface area contributed by atoms with E-state index < -0.39 is 6.09 Å². The lowest BCUT2D eigenvalue weighted by Gasteiger charge is -2.36. The summed E-state index contributed by atoms with van der Waals surface area (Å²) in [6.45, 7) is 4.63. The van der Waals surface area contributed by atoms with Crippen molar-refractivity contribution in [3.63, 3.8) is 0 Å². The van der Waals surface area contributed by atoms with E-state index in [9.17, 15) is 9.59 Å². The molecule has 2 atom stereocenters. The molecule has 1 aliphatic heterocycles. The Balaban J connectivity index is 2.55. The lowest BCUT2D eigenvalue weighted by atomic mass is 9.93. The number of rotatable bonds is 3. The second-order valence-corrected chi connectivity index (χ2v) is 4.28. The van der Waals surface area contributed by atoms with Crippen molar-refractivity contribution < 1.29 is 19.4 Å². The van der Waals surface area contributed by atoms with E-state index in [1.807, 2.05) is 6.92 Å². The molecule has 0 spiro atoms. The fourth-order valence-electron chi connectivity index (χ4n) is 2.07. The van der Waals surface area contributed by atoms with Gasteiger partial charge in [0.2, 0.25) is 0 Å². The molecular formula is C11H19NO4. The second kappa shape index (κ2) is 5.72. The van der Waals surface area contributed by atoms with Crippen molar-refractivity contribution in [1.29, 1.82) is 0 Å². The maximum atomic E-state index is 11.3. The maximum absolute atomic E-state index is 11.3. The third-order valence-corrected chi connectivity index (χ3v) is 2.90. The first kappa shape index (κ1) is 12.8. The smallest absolute Gasteiger partial charge is 0.407 e. The Bertz CT molecular complexity index is 267. The molecule has 1 rings (SSSR count). The minimum absolute atomic E-state index is 0.173. The molecule has 0 bridgehead atoms. The van der Waals surface area contributed by atoms with E-state index in [0.717, 1.165) is 12.8 Å². The summed E-state index contributed by atoms with van der Waals surface area (Å²) < 4.78 is 4.84. The number of amides is 1. The zero-order chi connectivity index (χ0) is 12.1. The number of carbonyl (C=O) groups is 2. The normalized spacial score (nSPS) is 25.2. The number of hydrogen-bond acceptors (Lipinski definition) is 3. The van der Waals surface area contributed by atoms with Gasteiger partial charge in [-0.25, -0.2) is 4.79 Å². The summed E-state index contributed by atoms with van der Waals surface area (Å²) in [6, 6.07) is -0.215. The van der Waals surface area contributed by atoms with Gasteiger partial charge in [0.1, 0.15) is 0 Å². The zero-order valence-electron chi connectivity index (χ0n) is 9.81. The molecule has 5 nitrogen and oxygen atoms in total. The van der Waals surface area contributed by atoms with Crippen molar-refractivity contribution in [2.24, 2.45) is 5.92 Å². The highest BCUT2D eigenvalue weighted by Crippen LogP contribution is 2.24. The molecule has 92 valence electrons. The van der Waals surface area contributed by atoms with Crippen molar-refractivity contribution in [3.8, 4) is 0 Å². The van der Waals surface area contributed by atoms with Crippen LogP contribution in [0.5, 0.6) is 0 Å². The molecule has 2 unspecified atom stereocenters. The number of piperidine rings is 1. The summed E-state index contributed by atoms with van der Waals surface area (Å²) in [7, 11) is 0. The average molecular weight is 229 g/mol. The van der Waals surface area contributed by atoms with Gasteiger partial charge < -0.3 is 14.7 Å². The van der Waals surface area contributed by atoms with Crippen LogP contribution in [0.1, 0.15) is 33.1 Å². The van der Waals surface area contributed by atoms with Crippen LogP contribution in [0.25, 0.3) is 0 Å². The lowest BCUT2D eigenvalue weighted by Crippen LogP contribution is -2.46. The van der Waals surface area contributed by atoms with Crippen molar-refractivity contribution in [3.05, 3.63) is 0 Å². The summed E-state index contributed by atoms with van der Waals surface area (Å²) in [5, 5.41) is 9.04. The number of hydrogen-bond donors (Lipinski definition) is 1. The van der Waals surface area contributed by atoms with Crippen LogP contribution in [0.4, 0.5) is 4.79 Å². The van der Waals surface area contributed by atoms with Crippen LogP contribution in [-0.2, 0) is 9.53 Å². The molecule has 0 saturated carbocycles. The Morgan fingerprint density at radius 3 is 2.69 bits per heavy atom. The highest BCUT2D eigenvalue weighted by atomic mass is 16.5. The van der Waals surface area contributed by atoms with Gasteiger partial charge in [-0.05, 0) is 25.7 Å². The summed E-state index contributed by atoms with van der Waals surface area (Å²) in [6.07, 6.45) is 0.938. The molecule has 1 aliphatic rings. The molecule has 0 aromatic heterocycles. The SMILES string of the molecule is CCOC(=O)CC1CCC(C)CN1C(=O)O. The first-order valence-corrected chi connectivity index (χ1v) is 5.69. The lowest BCUT2D eigenvalue weighted by molar-refractivity contribution is -0.144. The summed E-state index contributed by atoms with van der Waals surface area (Å²) >= 11 is 0. The molecule has 0 aromatic carbocycles. The number of likely N-dealkylation sites (tertiary alicyclic amines) is 1. The minimum atomic E-state index is -0.944. The van der Waals surface area contributed by atoms with E-state index in [4.69, 9.17) is 9.84 Å². The van der Waals surface area contributed by atoms with E-state index in [1.165, 1.54) is 4.90 Å². The number of carbonyl (C=O) groups excluding carboxylic acids is 1. The van der Waals surface area contributed by atoms with Crippen molar-refractivity contribution >= 4 is 12.1 Å². The van der Waals surface area contributed by atoms with E-state index >= 15 is 0 Å². The van der Waals surface area contributed by atoms with Gasteiger partial charge in [0.05, 0.1) is 13.0 Å². The highest BCUT2D eigenvalue weighted by molar-refractivity contribution is 5.72. The van der Waals surface area contributed by atoms with Gasteiger partial charge >= 0.3 is 12.1 Å². The molecule has 1 fully saturated rings. The zero-order valence-corrected chi connectivity index (χ0v) is 9.81. The van der Waals surface area contributed by atoms with Crippen LogP contribution in [0.2, 0.25) is 0 Å². The van der Waals surface area contributed by atoms with Crippen LogP contribution >= 0.6 is 0 Å². The fraction of sp³-hybridized carbons (Fsp3) is 0.818. The third kappa shape index (κ3) is 3.40. The molecule has 1 saturated heterocycles. The van der Waals surface area contributed by atoms with Crippen molar-refractivity contribution in [2.45, 2.75) is 39.2 Å². The Kier molecular flexibility index (Phi) is 4.58. The molecule has 1 amide bonds. The van der Waals surface area contributed by atoms with Crippen LogP contribution in [0.3, 0.4) is 0 Å². The number of esters is 1. The van der Waals surface area contributed by atoms with Crippen LogP contribution in [-0.4, -0.2) is 41.3 Å². The van der Waals surface area contributed by atoms with Gasteiger partial charge in [0, 0.05) is 12.6 Å². The van der Waals surface area contributed by atoms with E-state index in [1.54, 1.807) is 6.92 Å². The predicted molar refractivity (Wildman–Crippen MR) is 58.2 cm³/mol. The van der Waals surface area contributed by atoms with Crippen LogP contribution in [0.15, 0.2) is 0 Å². The Morgan fingerprint density at radius 2 is 2.12 bits per heavy atom. The van der Waals surface area contributed by atoms with E-state index in [-0.39, 0.29) is 18.4 Å². The highest BCUT2D eigenvalue weighted by Gasteiger charge is 2.31. The number of ether oxygens (including phenoxy) is 1. The minimum Gasteiger partial charge on any atom is -0.466 e. The fourth-order valence-corrected chi connectivity index (χ4v) is 2.07. The van der Waals surface area contributed by atoms with Crippen molar-refractivity contribution in [1.82, 2.24) is 4.90 Å². The Labute approximate surface area is 95.4 Å². The first-order valence-electron chi connectivity index (χ1n) is 5.69. The van der Waals surface area contributed by atoms with Gasteiger partial charge in [-0.3, -0.25) is 4.79 Å². The largest absolute Gasteiger partial charge is 0.466 e. The molecule has 0 radical (unpaired) electrons. The number of carboxylic acid groups (broad SMARTS) is 1. The molecule has 5 heteroatoms. The van der Waals surface area contributed by atoms with E-state index in [0.29, 0.717) is 19.1 Å². The standard InChI is InChI=1S/C11H19NO4/c1-3-16-10(13)6-9-5-4-8(2)7-12(9)11(14)15/h8-9H,3-7H2,1-2H3,(H,14,15). The van der Waals surface area contributed by atoms with Crippen LogP contribution < -0.4 is 0 Å². The first-order chi connectivity index (χ1) is 7.54. The molecular weight excluding hydrogens is 210 g/mol. The summed E-state index contributed by atoms with van der Waals surface area (Å²) in [5.41, 5.74) is 0. The van der Waals surface area contributed by atoms with Gasteiger partial charge in [-0.15, -0.1) is 0 Å². The molecule has 0 aromatic rings. The predicted octanol–water partition coefficient (Wildman–Crippen LogP) is 1.72. The van der Waals surface area contributed by atoms with Gasteiger partial charge in [-0.2, -0.15) is 0 Å². The quantitative estimate of drug-likeness (QED) is 0.748. The van der Waals surface area contributed by atoms with E-state index in [2.05, 4.69) is 0 Å². The molecule has 16 heavy (non-hydrogen) atoms. The van der Waals surface area contributed by atoms with Gasteiger partial charge in [0.15, 0.2) is 0 Å². The van der Waals surface area contributed by atoms with Gasteiger partial charge in [-0.1, -0.05) is 6.92 Å². The Morgan fingerprint density at radius 1 is 1.44 bits per heavy atom. The third-order valence-electron chi connectivity index (χ3n) is 2.90. The topological polar surface area (TPSA) is 66.8 Å². The molecule has 0 aliphatic carbocycles. The number of nitrogens with zero attached hydrogens (tertiary/aromatic N) is 1. The van der Waals surface area contributed by atoms with Crippen molar-refractivity contribution in [2.75, 3.05) is 13.2 Å². The maximum Gasteiger partial charge on any atom is 0.407 e.